The number of carbonyl (C=O) groups excluding carboxylic acids is 2. The van der Waals surface area contributed by atoms with Gasteiger partial charge in [0.15, 0.2) is 5.78 Å². The van der Waals surface area contributed by atoms with Crippen molar-refractivity contribution in [2.75, 3.05) is 57.0 Å². The van der Waals surface area contributed by atoms with Crippen molar-refractivity contribution in [1.29, 1.82) is 0 Å². The second-order valence-corrected chi connectivity index (χ2v) is 10.6. The number of rotatable bonds is 14. The summed E-state index contributed by atoms with van der Waals surface area (Å²) in [6.07, 6.45) is 3.65. The zero-order valence-corrected chi connectivity index (χ0v) is 24.5. The third-order valence-electron chi connectivity index (χ3n) is 6.94. The van der Waals surface area contributed by atoms with Crippen LogP contribution in [0.4, 0.5) is 11.4 Å². The van der Waals surface area contributed by atoms with Crippen molar-refractivity contribution >= 4 is 56.5 Å². The van der Waals surface area contributed by atoms with Gasteiger partial charge in [0.1, 0.15) is 5.58 Å². The van der Waals surface area contributed by atoms with Crippen molar-refractivity contribution in [3.63, 3.8) is 0 Å². The summed E-state index contributed by atoms with van der Waals surface area (Å²) in [5, 5.41) is 8.60. The topological polar surface area (TPSA) is 108 Å². The number of nitrogens with zero attached hydrogens (tertiary/aromatic N) is 3. The Kier molecular flexibility index (Phi) is 10.3. The van der Waals surface area contributed by atoms with E-state index in [2.05, 4.69) is 20.5 Å². The molecule has 0 aliphatic rings. The molecule has 216 valence electrons. The number of pyridine rings is 1. The minimum absolute atomic E-state index is 0.0357. The summed E-state index contributed by atoms with van der Waals surface area (Å²) in [4.78, 5) is 45.6. The molecule has 2 aromatic heterocycles. The van der Waals surface area contributed by atoms with E-state index in [4.69, 9.17) is 16.0 Å². The molecule has 1 amide bonds. The first-order chi connectivity index (χ1) is 19.7. The Morgan fingerprint density at radius 1 is 1.02 bits per heavy atom. The van der Waals surface area contributed by atoms with Crippen molar-refractivity contribution in [1.82, 2.24) is 15.2 Å². The van der Waals surface area contributed by atoms with Crippen LogP contribution in [0.2, 0.25) is 5.02 Å². The van der Waals surface area contributed by atoms with Gasteiger partial charge in [0, 0.05) is 72.6 Å². The lowest BCUT2D eigenvalue weighted by Crippen LogP contribution is -2.40. The molecule has 0 saturated heterocycles. The number of Topliss-reactive ketones (excluding diaryl/α,β-unsaturated/α-hetero) is 1. The molecule has 0 saturated carbocycles. The maximum atomic E-state index is 12.7. The summed E-state index contributed by atoms with van der Waals surface area (Å²) in [6, 6.07) is 14.5. The molecule has 2 heterocycles. The van der Waals surface area contributed by atoms with E-state index in [1.807, 2.05) is 62.3 Å². The maximum absolute atomic E-state index is 12.7. The van der Waals surface area contributed by atoms with Gasteiger partial charge >= 0.3 is 5.63 Å². The van der Waals surface area contributed by atoms with Gasteiger partial charge < -0.3 is 20.0 Å². The van der Waals surface area contributed by atoms with Crippen molar-refractivity contribution in [3.05, 3.63) is 75.7 Å². The summed E-state index contributed by atoms with van der Waals surface area (Å²) < 4.78 is 5.34. The van der Waals surface area contributed by atoms with Crippen molar-refractivity contribution in [3.8, 4) is 0 Å². The number of hydrogen-bond donors (Lipinski definition) is 2. The number of amides is 1. The Bertz CT molecular complexity index is 1590. The Balaban J connectivity index is 1.20. The van der Waals surface area contributed by atoms with E-state index >= 15 is 0 Å². The van der Waals surface area contributed by atoms with Crippen LogP contribution in [0.5, 0.6) is 0 Å². The molecule has 0 aliphatic heterocycles. The number of nitrogens with one attached hydrogen (secondary N) is 2. The molecule has 4 rings (SSSR count). The fourth-order valence-electron chi connectivity index (χ4n) is 4.68. The van der Waals surface area contributed by atoms with Gasteiger partial charge in [-0.15, -0.1) is 0 Å². The molecule has 0 bridgehead atoms. The average Bonchev–Trinajstić information content (AvgIpc) is 2.94. The number of halogens is 1. The number of hydrogen-bond acceptors (Lipinski definition) is 8. The van der Waals surface area contributed by atoms with Crippen LogP contribution < -0.4 is 21.2 Å². The van der Waals surface area contributed by atoms with Gasteiger partial charge in [-0.3, -0.25) is 19.5 Å². The van der Waals surface area contributed by atoms with E-state index in [0.29, 0.717) is 21.6 Å². The Labute approximate surface area is 244 Å². The Hall–Kier alpha value is -3.95. The van der Waals surface area contributed by atoms with Crippen molar-refractivity contribution < 1.29 is 14.0 Å². The summed E-state index contributed by atoms with van der Waals surface area (Å²) >= 11 is 6.08. The molecule has 41 heavy (non-hydrogen) atoms. The van der Waals surface area contributed by atoms with Crippen LogP contribution >= 0.6 is 11.6 Å². The molecule has 9 nitrogen and oxygen atoms in total. The smallest absolute Gasteiger partial charge is 0.336 e. The number of aromatic nitrogens is 1. The Morgan fingerprint density at radius 2 is 1.83 bits per heavy atom. The van der Waals surface area contributed by atoms with Crippen LogP contribution in [0.15, 0.2) is 63.9 Å². The number of ketones is 1. The predicted octanol–water partition coefficient (Wildman–Crippen LogP) is 4.50. The van der Waals surface area contributed by atoms with Gasteiger partial charge in [0.25, 0.3) is 0 Å². The monoisotopic (exact) mass is 577 g/mol. The fourth-order valence-corrected chi connectivity index (χ4v) is 4.85. The predicted molar refractivity (Wildman–Crippen MR) is 165 cm³/mol. The minimum atomic E-state index is -0.506. The standard InChI is InChI=1S/C31H36ClN5O4/c1-4-37(14-6-5-12-33-27-11-13-34-28-17-22(32)7-9-26(27)28)20-30(39)35-19-24(38)15-21-16-31(40)41-29-18-23(36(2)3)8-10-25(21)29/h7-11,13,16-18H,4-6,12,14-15,19-20H2,1-3H3,(H,33,34)(H,35,39). The van der Waals surface area contributed by atoms with Crippen molar-refractivity contribution in [2.24, 2.45) is 0 Å². The number of fused-ring (bicyclic) bond motifs is 2. The van der Waals surface area contributed by atoms with E-state index in [-0.39, 0.29) is 31.2 Å². The van der Waals surface area contributed by atoms with E-state index in [0.717, 1.165) is 54.8 Å². The van der Waals surface area contributed by atoms with E-state index in [1.54, 1.807) is 12.3 Å². The van der Waals surface area contributed by atoms with Crippen LogP contribution in [-0.4, -0.2) is 68.4 Å². The number of likely N-dealkylation sites (N-methyl/N-ethyl adjacent to an activating group) is 1. The first kappa shape index (κ1) is 30.0. The number of benzene rings is 2. The molecule has 0 atom stereocenters. The molecule has 4 aromatic rings. The number of anilines is 2. The molecule has 0 fully saturated rings. The van der Waals surface area contributed by atoms with Crippen LogP contribution in [-0.2, 0) is 16.0 Å². The molecule has 2 N–H and O–H groups in total. The first-order valence-electron chi connectivity index (χ1n) is 13.8. The normalized spacial score (nSPS) is 11.2. The van der Waals surface area contributed by atoms with E-state index < -0.39 is 5.63 Å². The Morgan fingerprint density at radius 3 is 2.61 bits per heavy atom. The fraction of sp³-hybridized carbons (Fsp3) is 0.355. The van der Waals surface area contributed by atoms with E-state index in [9.17, 15) is 14.4 Å². The molecule has 0 aliphatic carbocycles. The molecular formula is C31H36ClN5O4. The van der Waals surface area contributed by atoms with Crippen LogP contribution in [0.1, 0.15) is 25.3 Å². The molecule has 10 heteroatoms. The zero-order chi connectivity index (χ0) is 29.4. The zero-order valence-electron chi connectivity index (χ0n) is 23.7. The molecule has 0 spiro atoms. The highest BCUT2D eigenvalue weighted by Gasteiger charge is 2.14. The van der Waals surface area contributed by atoms with Gasteiger partial charge in [-0.05, 0) is 67.9 Å². The lowest BCUT2D eigenvalue weighted by Gasteiger charge is -2.20. The van der Waals surface area contributed by atoms with Gasteiger partial charge in [0.05, 0.1) is 18.6 Å². The highest BCUT2D eigenvalue weighted by molar-refractivity contribution is 6.31. The highest BCUT2D eigenvalue weighted by atomic mass is 35.5. The largest absolute Gasteiger partial charge is 0.423 e. The van der Waals surface area contributed by atoms with Gasteiger partial charge in [-0.1, -0.05) is 18.5 Å². The van der Waals surface area contributed by atoms with Gasteiger partial charge in [-0.2, -0.15) is 0 Å². The van der Waals surface area contributed by atoms with Crippen LogP contribution in [0.25, 0.3) is 21.9 Å². The summed E-state index contributed by atoms with van der Waals surface area (Å²) in [5.41, 5.74) is 3.28. The van der Waals surface area contributed by atoms with Crippen molar-refractivity contribution in [2.45, 2.75) is 26.2 Å². The molecule has 0 unspecified atom stereocenters. The minimum Gasteiger partial charge on any atom is -0.423 e. The van der Waals surface area contributed by atoms with Gasteiger partial charge in [0.2, 0.25) is 5.91 Å². The highest BCUT2D eigenvalue weighted by Crippen LogP contribution is 2.25. The quantitative estimate of drug-likeness (QED) is 0.167. The maximum Gasteiger partial charge on any atom is 0.336 e. The molecule has 0 radical (unpaired) electrons. The summed E-state index contributed by atoms with van der Waals surface area (Å²) in [5.74, 6) is -0.379. The summed E-state index contributed by atoms with van der Waals surface area (Å²) in [7, 11) is 3.80. The molecule has 2 aromatic carbocycles. The number of unbranched alkanes of at least 4 members (excludes halogenated alkanes) is 1. The summed E-state index contributed by atoms with van der Waals surface area (Å²) in [6.45, 7) is 4.43. The lowest BCUT2D eigenvalue weighted by molar-refractivity contribution is -0.125. The van der Waals surface area contributed by atoms with Crippen LogP contribution in [0, 0.1) is 0 Å². The van der Waals surface area contributed by atoms with Crippen LogP contribution in [0.3, 0.4) is 0 Å². The average molecular weight is 578 g/mol. The first-order valence-corrected chi connectivity index (χ1v) is 14.1. The lowest BCUT2D eigenvalue weighted by atomic mass is 10.0. The SMILES string of the molecule is CCN(CCCCNc1ccnc2cc(Cl)ccc12)CC(=O)NCC(=O)Cc1cc(=O)oc2cc(N(C)C)ccc12. The van der Waals surface area contributed by atoms with E-state index in [1.165, 1.54) is 6.07 Å². The third kappa shape index (κ3) is 8.28. The van der Waals surface area contributed by atoms with Gasteiger partial charge in [-0.25, -0.2) is 4.79 Å². The second-order valence-electron chi connectivity index (χ2n) is 10.2. The number of carbonyl (C=O) groups is 2. The second kappa shape index (κ2) is 14.1. The third-order valence-corrected chi connectivity index (χ3v) is 7.17. The molecular weight excluding hydrogens is 542 g/mol.